The Kier molecular flexibility index (Phi) is 5.09. The summed E-state index contributed by atoms with van der Waals surface area (Å²) >= 11 is 0. The Bertz CT molecular complexity index is 1150. The van der Waals surface area contributed by atoms with E-state index in [1.807, 2.05) is 30.1 Å². The average molecular weight is 438 g/mol. The zero-order valence-corrected chi connectivity index (χ0v) is 18.5. The molecule has 168 valence electrons. The molecule has 1 saturated heterocycles. The van der Waals surface area contributed by atoms with Gasteiger partial charge in [0.15, 0.2) is 17.1 Å². The molecule has 0 radical (unpaired) electrons. The highest BCUT2D eigenvalue weighted by Crippen LogP contribution is 2.35. The molecule has 2 aliphatic heterocycles. The smallest absolute Gasteiger partial charge is 0.236 e. The summed E-state index contributed by atoms with van der Waals surface area (Å²) in [7, 11) is 1.87. The van der Waals surface area contributed by atoms with E-state index in [0.29, 0.717) is 13.1 Å². The van der Waals surface area contributed by atoms with Gasteiger partial charge in [0.25, 0.3) is 0 Å². The summed E-state index contributed by atoms with van der Waals surface area (Å²) in [6, 6.07) is 5.89. The lowest BCUT2D eigenvalue weighted by atomic mass is 9.94. The first-order valence-corrected chi connectivity index (χ1v) is 10.7. The van der Waals surface area contributed by atoms with E-state index in [1.54, 1.807) is 17.2 Å². The SMILES string of the molecule is Cn1ncc2c(N3CCN(C(=O)CNC(C)(C)c4ccc5c(c4)OCO5)CC3)ncnc21. The number of ether oxygens (including phenoxy) is 2. The number of rotatable bonds is 5. The summed E-state index contributed by atoms with van der Waals surface area (Å²) in [6.07, 6.45) is 3.36. The van der Waals surface area contributed by atoms with E-state index in [4.69, 9.17) is 9.47 Å². The molecular formula is C22H27N7O3. The van der Waals surface area contributed by atoms with Crippen molar-refractivity contribution in [2.75, 3.05) is 44.4 Å². The molecular weight excluding hydrogens is 410 g/mol. The third kappa shape index (κ3) is 3.70. The second-order valence-electron chi connectivity index (χ2n) is 8.62. The predicted molar refractivity (Wildman–Crippen MR) is 119 cm³/mol. The normalized spacial score (nSPS) is 16.1. The van der Waals surface area contributed by atoms with Gasteiger partial charge in [-0.2, -0.15) is 5.10 Å². The molecule has 10 heteroatoms. The van der Waals surface area contributed by atoms with Crippen LogP contribution in [-0.4, -0.2) is 70.1 Å². The van der Waals surface area contributed by atoms with Gasteiger partial charge in [-0.05, 0) is 31.5 Å². The van der Waals surface area contributed by atoms with Crippen LogP contribution in [0.5, 0.6) is 11.5 Å². The molecule has 0 aliphatic carbocycles. The molecule has 10 nitrogen and oxygen atoms in total. The van der Waals surface area contributed by atoms with Crippen LogP contribution in [0.15, 0.2) is 30.7 Å². The van der Waals surface area contributed by atoms with Crippen LogP contribution in [0, 0.1) is 0 Å². The Morgan fingerprint density at radius 3 is 2.72 bits per heavy atom. The second kappa shape index (κ2) is 7.94. The van der Waals surface area contributed by atoms with Crippen LogP contribution in [0.2, 0.25) is 0 Å². The number of aromatic nitrogens is 4. The summed E-state index contributed by atoms with van der Waals surface area (Å²) in [4.78, 5) is 25.8. The second-order valence-corrected chi connectivity index (χ2v) is 8.62. The molecule has 0 atom stereocenters. The van der Waals surface area contributed by atoms with Gasteiger partial charge in [-0.1, -0.05) is 6.07 Å². The third-order valence-electron chi connectivity index (χ3n) is 6.22. The molecule has 0 unspecified atom stereocenters. The van der Waals surface area contributed by atoms with Gasteiger partial charge in [-0.3, -0.25) is 14.8 Å². The van der Waals surface area contributed by atoms with E-state index in [-0.39, 0.29) is 24.8 Å². The van der Waals surface area contributed by atoms with Crippen LogP contribution in [0.25, 0.3) is 11.0 Å². The molecule has 2 aromatic heterocycles. The summed E-state index contributed by atoms with van der Waals surface area (Å²) in [6.45, 7) is 7.37. The maximum absolute atomic E-state index is 12.9. The first kappa shape index (κ1) is 20.5. The minimum Gasteiger partial charge on any atom is -0.454 e. The topological polar surface area (TPSA) is 97.6 Å². The molecule has 1 aromatic carbocycles. The molecule has 4 heterocycles. The predicted octanol–water partition coefficient (Wildman–Crippen LogP) is 1.27. The number of nitrogens with zero attached hydrogens (tertiary/aromatic N) is 6. The van der Waals surface area contributed by atoms with Gasteiger partial charge < -0.3 is 19.3 Å². The van der Waals surface area contributed by atoms with Gasteiger partial charge in [0, 0.05) is 38.8 Å². The van der Waals surface area contributed by atoms with Gasteiger partial charge in [-0.25, -0.2) is 9.97 Å². The zero-order chi connectivity index (χ0) is 22.3. The first-order valence-electron chi connectivity index (χ1n) is 10.7. The zero-order valence-electron chi connectivity index (χ0n) is 18.5. The van der Waals surface area contributed by atoms with Crippen molar-refractivity contribution < 1.29 is 14.3 Å². The van der Waals surface area contributed by atoms with E-state index < -0.39 is 0 Å². The van der Waals surface area contributed by atoms with Crippen LogP contribution < -0.4 is 19.7 Å². The number of hydrogen-bond donors (Lipinski definition) is 1. The maximum Gasteiger partial charge on any atom is 0.236 e. The lowest BCUT2D eigenvalue weighted by Gasteiger charge is -2.36. The van der Waals surface area contributed by atoms with Crippen LogP contribution in [-0.2, 0) is 17.4 Å². The number of benzene rings is 1. The highest BCUT2D eigenvalue weighted by Gasteiger charge is 2.27. The number of nitrogens with one attached hydrogen (secondary N) is 1. The Labute approximate surface area is 186 Å². The number of amides is 1. The Morgan fingerprint density at radius 2 is 1.91 bits per heavy atom. The average Bonchev–Trinajstić information content (AvgIpc) is 3.44. The highest BCUT2D eigenvalue weighted by atomic mass is 16.7. The molecule has 0 bridgehead atoms. The van der Waals surface area contributed by atoms with Crippen molar-refractivity contribution in [2.45, 2.75) is 19.4 Å². The summed E-state index contributed by atoms with van der Waals surface area (Å²) in [5.74, 6) is 2.46. The summed E-state index contributed by atoms with van der Waals surface area (Å²) in [5, 5.41) is 8.62. The number of carbonyl (C=O) groups is 1. The highest BCUT2D eigenvalue weighted by molar-refractivity contribution is 5.87. The van der Waals surface area contributed by atoms with Crippen molar-refractivity contribution in [3.05, 3.63) is 36.3 Å². The van der Waals surface area contributed by atoms with E-state index in [9.17, 15) is 4.79 Å². The van der Waals surface area contributed by atoms with Crippen LogP contribution in [0.4, 0.5) is 5.82 Å². The van der Waals surface area contributed by atoms with Crippen LogP contribution in [0.3, 0.4) is 0 Å². The van der Waals surface area contributed by atoms with E-state index in [1.165, 1.54) is 0 Å². The standard InChI is InChI=1S/C22H27N7O3/c1-22(2,15-4-5-17-18(10-15)32-14-31-17)25-12-19(30)28-6-8-29(9-7-28)21-16-11-26-27(3)20(16)23-13-24-21/h4-5,10-11,13,25H,6-9,12,14H2,1-3H3. The molecule has 5 rings (SSSR count). The van der Waals surface area contributed by atoms with Crippen molar-refractivity contribution in [3.8, 4) is 11.5 Å². The van der Waals surface area contributed by atoms with E-state index in [2.05, 4.69) is 39.1 Å². The van der Waals surface area contributed by atoms with Crippen LogP contribution >= 0.6 is 0 Å². The van der Waals surface area contributed by atoms with E-state index >= 15 is 0 Å². The Hall–Kier alpha value is -3.40. The molecule has 3 aromatic rings. The molecule has 0 spiro atoms. The fourth-order valence-electron chi connectivity index (χ4n) is 4.17. The van der Waals surface area contributed by atoms with Crippen molar-refractivity contribution in [2.24, 2.45) is 7.05 Å². The number of piperazine rings is 1. The van der Waals surface area contributed by atoms with Gasteiger partial charge in [0.2, 0.25) is 12.7 Å². The third-order valence-corrected chi connectivity index (χ3v) is 6.22. The van der Waals surface area contributed by atoms with Gasteiger partial charge >= 0.3 is 0 Å². The first-order chi connectivity index (χ1) is 15.4. The number of aryl methyl sites for hydroxylation is 1. The quantitative estimate of drug-likeness (QED) is 0.637. The Morgan fingerprint density at radius 1 is 1.12 bits per heavy atom. The molecule has 32 heavy (non-hydrogen) atoms. The number of hydrogen-bond acceptors (Lipinski definition) is 8. The monoisotopic (exact) mass is 437 g/mol. The summed E-state index contributed by atoms with van der Waals surface area (Å²) in [5.41, 5.74) is 1.47. The van der Waals surface area contributed by atoms with Gasteiger partial charge in [-0.15, -0.1) is 0 Å². The molecule has 1 N–H and O–H groups in total. The molecule has 1 fully saturated rings. The summed E-state index contributed by atoms with van der Waals surface area (Å²) < 4.78 is 12.6. The molecule has 2 aliphatic rings. The fourth-order valence-corrected chi connectivity index (χ4v) is 4.17. The minimum atomic E-state index is -0.384. The minimum absolute atomic E-state index is 0.0904. The fraction of sp³-hybridized carbons (Fsp3) is 0.455. The van der Waals surface area contributed by atoms with Gasteiger partial charge in [0.1, 0.15) is 12.1 Å². The Balaban J connectivity index is 1.18. The van der Waals surface area contributed by atoms with E-state index in [0.717, 1.165) is 47.0 Å². The number of carbonyl (C=O) groups excluding carboxylic acids is 1. The molecule has 0 saturated carbocycles. The molecule has 1 amide bonds. The van der Waals surface area contributed by atoms with Crippen molar-refractivity contribution in [1.82, 2.24) is 30.0 Å². The van der Waals surface area contributed by atoms with Crippen molar-refractivity contribution in [3.63, 3.8) is 0 Å². The number of fused-ring (bicyclic) bond motifs is 2. The lowest BCUT2D eigenvalue weighted by Crippen LogP contribution is -2.52. The van der Waals surface area contributed by atoms with Crippen molar-refractivity contribution >= 4 is 22.8 Å². The largest absolute Gasteiger partial charge is 0.454 e. The lowest BCUT2D eigenvalue weighted by molar-refractivity contribution is -0.130. The van der Waals surface area contributed by atoms with Crippen molar-refractivity contribution in [1.29, 1.82) is 0 Å². The van der Waals surface area contributed by atoms with Gasteiger partial charge in [0.05, 0.1) is 18.1 Å². The van der Waals surface area contributed by atoms with Crippen LogP contribution in [0.1, 0.15) is 19.4 Å². The maximum atomic E-state index is 12.9. The number of anilines is 1.